The maximum Gasteiger partial charge on any atom is 0.253 e. The summed E-state index contributed by atoms with van der Waals surface area (Å²) in [6.07, 6.45) is 2.40. The van der Waals surface area contributed by atoms with Gasteiger partial charge < -0.3 is 19.1 Å². The van der Waals surface area contributed by atoms with Crippen molar-refractivity contribution in [3.63, 3.8) is 0 Å². The Kier molecular flexibility index (Phi) is 8.14. The standard InChI is InChI=1S/C24H37N3O6S/c1-18-15-25(16-19(2)33-18)17-20-6-8-26(9-7-20)24(28)21-4-5-22(31-3)23(14-21)34(29,30)27-10-12-32-13-11-27/h4-5,14,18-20H,6-13,15-17H2,1-3H3. The van der Waals surface area contributed by atoms with Gasteiger partial charge in [-0.15, -0.1) is 0 Å². The molecule has 1 aromatic carbocycles. The van der Waals surface area contributed by atoms with Crippen LogP contribution in [0.25, 0.3) is 0 Å². The molecule has 3 aliphatic heterocycles. The first kappa shape index (κ1) is 25.4. The smallest absolute Gasteiger partial charge is 0.253 e. The number of nitrogens with zero attached hydrogens (tertiary/aromatic N) is 3. The van der Waals surface area contributed by atoms with E-state index in [4.69, 9.17) is 14.2 Å². The number of amides is 1. The summed E-state index contributed by atoms with van der Waals surface area (Å²) < 4.78 is 44.3. The van der Waals surface area contributed by atoms with Crippen LogP contribution < -0.4 is 4.74 Å². The number of hydrogen-bond donors (Lipinski definition) is 0. The molecule has 0 radical (unpaired) electrons. The maximum atomic E-state index is 13.3. The third-order valence-corrected chi connectivity index (χ3v) is 8.83. The van der Waals surface area contributed by atoms with E-state index >= 15 is 0 Å². The van der Waals surface area contributed by atoms with Crippen molar-refractivity contribution >= 4 is 15.9 Å². The highest BCUT2D eigenvalue weighted by Crippen LogP contribution is 2.30. The molecule has 190 valence electrons. The number of methoxy groups -OCH3 is 1. The van der Waals surface area contributed by atoms with Crippen molar-refractivity contribution < 1.29 is 27.4 Å². The molecule has 3 heterocycles. The Morgan fingerprint density at radius 1 is 1.06 bits per heavy atom. The van der Waals surface area contributed by atoms with Gasteiger partial charge in [0.05, 0.1) is 32.5 Å². The van der Waals surface area contributed by atoms with Crippen LogP contribution in [0.15, 0.2) is 23.1 Å². The van der Waals surface area contributed by atoms with E-state index in [1.54, 1.807) is 12.1 Å². The minimum absolute atomic E-state index is 0.0354. The van der Waals surface area contributed by atoms with Gasteiger partial charge >= 0.3 is 0 Å². The number of benzene rings is 1. The number of ether oxygens (including phenoxy) is 3. The number of piperidine rings is 1. The van der Waals surface area contributed by atoms with E-state index in [9.17, 15) is 13.2 Å². The Labute approximate surface area is 203 Å². The quantitative estimate of drug-likeness (QED) is 0.593. The summed E-state index contributed by atoms with van der Waals surface area (Å²) in [6, 6.07) is 4.70. The van der Waals surface area contributed by atoms with E-state index < -0.39 is 10.0 Å². The molecule has 10 heteroatoms. The topological polar surface area (TPSA) is 88.6 Å². The Morgan fingerprint density at radius 3 is 2.32 bits per heavy atom. The molecule has 0 N–H and O–H groups in total. The minimum atomic E-state index is -3.78. The molecule has 4 rings (SSSR count). The van der Waals surface area contributed by atoms with E-state index in [0.29, 0.717) is 37.8 Å². The average Bonchev–Trinajstić information content (AvgIpc) is 2.83. The van der Waals surface area contributed by atoms with Crippen molar-refractivity contribution in [2.24, 2.45) is 5.92 Å². The molecule has 3 fully saturated rings. The summed E-state index contributed by atoms with van der Waals surface area (Å²) >= 11 is 0. The number of morpholine rings is 2. The molecule has 3 saturated heterocycles. The molecule has 0 bridgehead atoms. The molecule has 2 unspecified atom stereocenters. The van der Waals surface area contributed by atoms with Crippen molar-refractivity contribution in [3.05, 3.63) is 23.8 Å². The summed E-state index contributed by atoms with van der Waals surface area (Å²) in [7, 11) is -2.34. The van der Waals surface area contributed by atoms with Gasteiger partial charge in [0.1, 0.15) is 10.6 Å². The molecule has 2 atom stereocenters. The highest BCUT2D eigenvalue weighted by atomic mass is 32.2. The number of carbonyl (C=O) groups excluding carboxylic acids is 1. The molecule has 9 nitrogen and oxygen atoms in total. The predicted octanol–water partition coefficient (Wildman–Crippen LogP) is 1.68. The molecule has 1 amide bonds. The summed E-state index contributed by atoms with van der Waals surface area (Å²) in [5, 5.41) is 0. The van der Waals surface area contributed by atoms with Crippen molar-refractivity contribution in [1.29, 1.82) is 0 Å². The van der Waals surface area contributed by atoms with Gasteiger partial charge in [-0.3, -0.25) is 9.69 Å². The maximum absolute atomic E-state index is 13.3. The van der Waals surface area contributed by atoms with Gasteiger partial charge in [0.25, 0.3) is 5.91 Å². The van der Waals surface area contributed by atoms with Gasteiger partial charge in [0.15, 0.2) is 0 Å². The van der Waals surface area contributed by atoms with Gasteiger partial charge in [-0.25, -0.2) is 8.42 Å². The van der Waals surface area contributed by atoms with Crippen LogP contribution >= 0.6 is 0 Å². The Morgan fingerprint density at radius 2 is 1.71 bits per heavy atom. The fourth-order valence-corrected chi connectivity index (χ4v) is 6.83. The van der Waals surface area contributed by atoms with Crippen LogP contribution in [-0.4, -0.2) is 107 Å². The van der Waals surface area contributed by atoms with E-state index in [1.165, 1.54) is 17.5 Å². The van der Waals surface area contributed by atoms with Crippen molar-refractivity contribution in [1.82, 2.24) is 14.1 Å². The molecular formula is C24H37N3O6S. The molecule has 3 aliphatic rings. The third-order valence-electron chi connectivity index (χ3n) is 6.91. The number of likely N-dealkylation sites (tertiary alicyclic amines) is 1. The lowest BCUT2D eigenvalue weighted by Crippen LogP contribution is -2.48. The fourth-order valence-electron chi connectivity index (χ4n) is 5.24. The second kappa shape index (κ2) is 10.9. The number of carbonyl (C=O) groups is 1. The van der Waals surface area contributed by atoms with Crippen molar-refractivity contribution in [2.45, 2.75) is 43.8 Å². The van der Waals surface area contributed by atoms with Crippen molar-refractivity contribution in [2.75, 3.05) is 66.1 Å². The van der Waals surface area contributed by atoms with Crippen LogP contribution in [-0.2, 0) is 19.5 Å². The lowest BCUT2D eigenvalue weighted by Gasteiger charge is -2.39. The monoisotopic (exact) mass is 495 g/mol. The molecule has 0 saturated carbocycles. The number of hydrogen-bond acceptors (Lipinski definition) is 7. The van der Waals surface area contributed by atoms with Gasteiger partial charge in [-0.1, -0.05) is 0 Å². The first-order valence-electron chi connectivity index (χ1n) is 12.2. The lowest BCUT2D eigenvalue weighted by molar-refractivity contribution is -0.0728. The predicted molar refractivity (Wildman–Crippen MR) is 128 cm³/mol. The lowest BCUT2D eigenvalue weighted by atomic mass is 9.95. The van der Waals surface area contributed by atoms with E-state index in [1.807, 2.05) is 4.90 Å². The molecule has 0 spiro atoms. The summed E-state index contributed by atoms with van der Waals surface area (Å²) in [5.41, 5.74) is 0.377. The SMILES string of the molecule is COc1ccc(C(=O)N2CCC(CN3CC(C)OC(C)C3)CC2)cc1S(=O)(=O)N1CCOCC1. The minimum Gasteiger partial charge on any atom is -0.495 e. The van der Waals surface area contributed by atoms with E-state index in [2.05, 4.69) is 18.7 Å². The molecule has 0 aliphatic carbocycles. The normalized spacial score (nSPS) is 25.9. The van der Waals surface area contributed by atoms with Crippen LogP contribution in [0.3, 0.4) is 0 Å². The van der Waals surface area contributed by atoms with Gasteiger partial charge in [0.2, 0.25) is 10.0 Å². The first-order chi connectivity index (χ1) is 16.3. The first-order valence-corrected chi connectivity index (χ1v) is 13.6. The number of sulfonamides is 1. The third kappa shape index (κ3) is 5.73. The Hall–Kier alpha value is -1.72. The van der Waals surface area contributed by atoms with Crippen LogP contribution in [0.4, 0.5) is 0 Å². The highest BCUT2D eigenvalue weighted by Gasteiger charge is 2.32. The van der Waals surface area contributed by atoms with Crippen LogP contribution in [0.1, 0.15) is 37.0 Å². The zero-order chi connectivity index (χ0) is 24.3. The summed E-state index contributed by atoms with van der Waals surface area (Å²) in [5.74, 6) is 0.665. The molecule has 1 aromatic rings. The Bertz CT molecular complexity index is 947. The summed E-state index contributed by atoms with van der Waals surface area (Å²) in [6.45, 7) is 9.83. The fraction of sp³-hybridized carbons (Fsp3) is 0.708. The van der Waals surface area contributed by atoms with Gasteiger partial charge in [-0.2, -0.15) is 4.31 Å². The van der Waals surface area contributed by atoms with Crippen LogP contribution in [0.2, 0.25) is 0 Å². The zero-order valence-electron chi connectivity index (χ0n) is 20.4. The number of rotatable bonds is 6. The second-order valence-electron chi connectivity index (χ2n) is 9.59. The Balaban J connectivity index is 1.41. The second-order valence-corrected chi connectivity index (χ2v) is 11.5. The highest BCUT2D eigenvalue weighted by molar-refractivity contribution is 7.89. The molecule has 0 aromatic heterocycles. The summed E-state index contributed by atoms with van der Waals surface area (Å²) in [4.78, 5) is 17.6. The van der Waals surface area contributed by atoms with Gasteiger partial charge in [0, 0.05) is 51.4 Å². The van der Waals surface area contributed by atoms with Crippen LogP contribution in [0.5, 0.6) is 5.75 Å². The largest absolute Gasteiger partial charge is 0.495 e. The van der Waals surface area contributed by atoms with Crippen molar-refractivity contribution in [3.8, 4) is 5.75 Å². The van der Waals surface area contributed by atoms with E-state index in [-0.39, 0.29) is 41.8 Å². The average molecular weight is 496 g/mol. The molecular weight excluding hydrogens is 458 g/mol. The van der Waals surface area contributed by atoms with E-state index in [0.717, 1.165) is 32.5 Å². The van der Waals surface area contributed by atoms with Crippen LogP contribution in [0, 0.1) is 5.92 Å². The molecule has 34 heavy (non-hydrogen) atoms. The zero-order valence-corrected chi connectivity index (χ0v) is 21.3. The van der Waals surface area contributed by atoms with Gasteiger partial charge in [-0.05, 0) is 50.8 Å².